The second-order valence-corrected chi connectivity index (χ2v) is 5.22. The minimum atomic E-state index is -1.06. The lowest BCUT2D eigenvalue weighted by atomic mass is 9.86. The molecular weight excluding hydrogens is 318 g/mol. The Morgan fingerprint density at radius 3 is 2.21 bits per heavy atom. The number of furan rings is 1. The molecule has 2 rings (SSSR count). The Hall–Kier alpha value is -2.35. The molecule has 1 aliphatic heterocycles. The summed E-state index contributed by atoms with van der Waals surface area (Å²) in [4.78, 5) is 37.0. The molecule has 1 fully saturated rings. The molecule has 1 aliphatic rings. The summed E-state index contributed by atoms with van der Waals surface area (Å²) in [5.41, 5.74) is 0. The maximum atomic E-state index is 12.5. The van der Waals surface area contributed by atoms with Crippen molar-refractivity contribution >= 4 is 17.9 Å². The number of ether oxygens (including phenoxy) is 3. The van der Waals surface area contributed by atoms with Gasteiger partial charge >= 0.3 is 17.9 Å². The van der Waals surface area contributed by atoms with Crippen LogP contribution in [0, 0.1) is 11.8 Å². The lowest BCUT2D eigenvalue weighted by Gasteiger charge is -2.21. The van der Waals surface area contributed by atoms with Gasteiger partial charge in [-0.2, -0.15) is 0 Å². The van der Waals surface area contributed by atoms with Crippen LogP contribution < -0.4 is 5.32 Å². The molecule has 2 heterocycles. The average Bonchev–Trinajstić information content (AvgIpc) is 3.21. The van der Waals surface area contributed by atoms with Crippen molar-refractivity contribution < 1.29 is 33.0 Å². The van der Waals surface area contributed by atoms with Gasteiger partial charge in [-0.1, -0.05) is 0 Å². The number of carbonyl (C=O) groups excluding carboxylic acids is 3. The summed E-state index contributed by atoms with van der Waals surface area (Å²) >= 11 is 0. The predicted octanol–water partition coefficient (Wildman–Crippen LogP) is 0.824. The topological polar surface area (TPSA) is 104 Å². The first-order valence-corrected chi connectivity index (χ1v) is 7.75. The van der Waals surface area contributed by atoms with Gasteiger partial charge < -0.3 is 18.6 Å². The molecule has 4 atom stereocenters. The quantitative estimate of drug-likeness (QED) is 0.600. The number of hydrogen-bond acceptors (Lipinski definition) is 8. The van der Waals surface area contributed by atoms with Crippen LogP contribution in [0.15, 0.2) is 22.8 Å². The highest BCUT2D eigenvalue weighted by Crippen LogP contribution is 2.39. The molecule has 0 amide bonds. The van der Waals surface area contributed by atoms with Crippen LogP contribution in [-0.4, -0.2) is 44.3 Å². The van der Waals surface area contributed by atoms with Crippen molar-refractivity contribution in [2.45, 2.75) is 25.9 Å². The molecule has 0 unspecified atom stereocenters. The molecule has 8 nitrogen and oxygen atoms in total. The van der Waals surface area contributed by atoms with Crippen LogP contribution in [0.3, 0.4) is 0 Å². The number of rotatable bonds is 6. The minimum Gasteiger partial charge on any atom is -0.468 e. The first-order chi connectivity index (χ1) is 11.5. The smallest absolute Gasteiger partial charge is 0.323 e. The van der Waals surface area contributed by atoms with Crippen LogP contribution >= 0.6 is 0 Å². The van der Waals surface area contributed by atoms with Gasteiger partial charge in [-0.05, 0) is 26.0 Å². The zero-order valence-electron chi connectivity index (χ0n) is 13.8. The minimum absolute atomic E-state index is 0.129. The molecule has 1 aromatic rings. The van der Waals surface area contributed by atoms with Gasteiger partial charge in [-0.15, -0.1) is 0 Å². The Kier molecular flexibility index (Phi) is 5.97. The van der Waals surface area contributed by atoms with Crippen LogP contribution in [0.2, 0.25) is 0 Å². The van der Waals surface area contributed by atoms with Crippen molar-refractivity contribution in [3.05, 3.63) is 24.2 Å². The molecule has 1 saturated heterocycles. The SMILES string of the molecule is CCOC(=O)[C@@H]1[C@H](C(=O)OCC)[C@H](C(=O)OC)N[C@@H]1c1ccco1. The molecule has 0 aliphatic carbocycles. The van der Waals surface area contributed by atoms with Gasteiger partial charge in [0.1, 0.15) is 11.8 Å². The van der Waals surface area contributed by atoms with E-state index in [-0.39, 0.29) is 13.2 Å². The van der Waals surface area contributed by atoms with Gasteiger partial charge in [0, 0.05) is 0 Å². The second-order valence-electron chi connectivity index (χ2n) is 5.22. The molecule has 1 N–H and O–H groups in total. The van der Waals surface area contributed by atoms with E-state index in [0.29, 0.717) is 5.76 Å². The summed E-state index contributed by atoms with van der Waals surface area (Å²) in [5, 5.41) is 2.95. The number of carbonyl (C=O) groups is 3. The van der Waals surface area contributed by atoms with E-state index >= 15 is 0 Å². The fourth-order valence-corrected chi connectivity index (χ4v) is 2.93. The summed E-state index contributed by atoms with van der Waals surface area (Å²) in [6, 6.07) is 1.59. The second kappa shape index (κ2) is 7.96. The monoisotopic (exact) mass is 339 g/mol. The van der Waals surface area contributed by atoms with Gasteiger partial charge in [0.05, 0.1) is 44.5 Å². The third kappa shape index (κ3) is 3.43. The van der Waals surface area contributed by atoms with Crippen LogP contribution in [-0.2, 0) is 28.6 Å². The Labute approximate surface area is 139 Å². The standard InChI is InChI=1S/C16H21NO7/c1-4-22-14(18)10-11(15(19)23-5-2)13(16(20)21-3)17-12(10)9-7-6-8-24-9/h6-8,10-13,17H,4-5H2,1-3H3/t10-,11+,12-,13-/m1/s1. The van der Waals surface area contributed by atoms with E-state index < -0.39 is 41.8 Å². The highest BCUT2D eigenvalue weighted by molar-refractivity contribution is 5.91. The van der Waals surface area contributed by atoms with Crippen LogP contribution in [0.4, 0.5) is 0 Å². The van der Waals surface area contributed by atoms with E-state index in [1.165, 1.54) is 13.4 Å². The van der Waals surface area contributed by atoms with E-state index in [1.807, 2.05) is 0 Å². The van der Waals surface area contributed by atoms with E-state index in [4.69, 9.17) is 18.6 Å². The van der Waals surface area contributed by atoms with Crippen molar-refractivity contribution in [1.29, 1.82) is 0 Å². The molecule has 24 heavy (non-hydrogen) atoms. The predicted molar refractivity (Wildman–Crippen MR) is 80.6 cm³/mol. The van der Waals surface area contributed by atoms with E-state index in [9.17, 15) is 14.4 Å². The maximum Gasteiger partial charge on any atom is 0.323 e. The van der Waals surface area contributed by atoms with Crippen molar-refractivity contribution in [2.75, 3.05) is 20.3 Å². The number of hydrogen-bond donors (Lipinski definition) is 1. The number of nitrogens with one attached hydrogen (secondary N) is 1. The average molecular weight is 339 g/mol. The van der Waals surface area contributed by atoms with Gasteiger partial charge in [-0.3, -0.25) is 19.7 Å². The highest BCUT2D eigenvalue weighted by atomic mass is 16.5. The Bertz CT molecular complexity index is 583. The fraction of sp³-hybridized carbons (Fsp3) is 0.562. The Morgan fingerprint density at radius 1 is 1.08 bits per heavy atom. The van der Waals surface area contributed by atoms with E-state index in [2.05, 4.69) is 5.32 Å². The van der Waals surface area contributed by atoms with Crippen molar-refractivity contribution in [3.8, 4) is 0 Å². The molecule has 8 heteroatoms. The van der Waals surface area contributed by atoms with Crippen molar-refractivity contribution in [2.24, 2.45) is 11.8 Å². The molecule has 0 aromatic carbocycles. The van der Waals surface area contributed by atoms with Crippen LogP contribution in [0.5, 0.6) is 0 Å². The lowest BCUT2D eigenvalue weighted by Crippen LogP contribution is -2.42. The summed E-state index contributed by atoms with van der Waals surface area (Å²) in [5.74, 6) is -3.51. The number of esters is 3. The molecule has 0 bridgehead atoms. The van der Waals surface area contributed by atoms with Gasteiger partial charge in [-0.25, -0.2) is 0 Å². The summed E-state index contributed by atoms with van der Waals surface area (Å²) in [6.07, 6.45) is 1.45. The van der Waals surface area contributed by atoms with Gasteiger partial charge in [0.2, 0.25) is 0 Å². The van der Waals surface area contributed by atoms with Crippen LogP contribution in [0.25, 0.3) is 0 Å². The zero-order chi connectivity index (χ0) is 17.7. The summed E-state index contributed by atoms with van der Waals surface area (Å²) < 4.78 is 20.2. The largest absolute Gasteiger partial charge is 0.468 e. The number of methoxy groups -OCH3 is 1. The maximum absolute atomic E-state index is 12.5. The Balaban J connectivity index is 2.43. The molecule has 0 radical (unpaired) electrons. The van der Waals surface area contributed by atoms with Crippen molar-refractivity contribution in [3.63, 3.8) is 0 Å². The van der Waals surface area contributed by atoms with Gasteiger partial charge in [0.15, 0.2) is 0 Å². The summed E-state index contributed by atoms with van der Waals surface area (Å²) in [6.45, 7) is 3.60. The molecule has 1 aromatic heterocycles. The molecule has 132 valence electrons. The Morgan fingerprint density at radius 2 is 1.71 bits per heavy atom. The molecule has 0 saturated carbocycles. The highest BCUT2D eigenvalue weighted by Gasteiger charge is 2.56. The first kappa shape index (κ1) is 18.0. The lowest BCUT2D eigenvalue weighted by molar-refractivity contribution is -0.162. The molecular formula is C16H21NO7. The van der Waals surface area contributed by atoms with Crippen molar-refractivity contribution in [1.82, 2.24) is 5.32 Å². The van der Waals surface area contributed by atoms with E-state index in [1.54, 1.807) is 26.0 Å². The van der Waals surface area contributed by atoms with Gasteiger partial charge in [0.25, 0.3) is 0 Å². The fourth-order valence-electron chi connectivity index (χ4n) is 2.93. The third-order valence-corrected chi connectivity index (χ3v) is 3.89. The third-order valence-electron chi connectivity index (χ3n) is 3.89. The summed E-state index contributed by atoms with van der Waals surface area (Å²) in [7, 11) is 1.21. The first-order valence-electron chi connectivity index (χ1n) is 7.75. The normalized spacial score (nSPS) is 26.0. The van der Waals surface area contributed by atoms with E-state index in [0.717, 1.165) is 0 Å². The van der Waals surface area contributed by atoms with Crippen LogP contribution in [0.1, 0.15) is 25.6 Å². The molecule has 0 spiro atoms. The zero-order valence-corrected chi connectivity index (χ0v) is 13.8.